The van der Waals surface area contributed by atoms with Crippen LogP contribution in [0.3, 0.4) is 0 Å². The van der Waals surface area contributed by atoms with Crippen molar-refractivity contribution in [2.75, 3.05) is 0 Å². The van der Waals surface area contributed by atoms with Gasteiger partial charge in [0.05, 0.1) is 6.04 Å². The first kappa shape index (κ1) is 13.6. The number of hydrogen-bond donors (Lipinski definition) is 1. The molecule has 0 aliphatic heterocycles. The molecule has 19 heavy (non-hydrogen) atoms. The molecule has 1 heterocycles. The van der Waals surface area contributed by atoms with Crippen LogP contribution in [0.25, 0.3) is 0 Å². The van der Waals surface area contributed by atoms with Crippen LogP contribution < -0.4 is 5.32 Å². The highest BCUT2D eigenvalue weighted by Crippen LogP contribution is 2.21. The molecule has 102 valence electrons. The molecule has 1 N–H and O–H groups in total. The minimum Gasteiger partial charge on any atom is -0.424 e. The Morgan fingerprint density at radius 3 is 2.47 bits per heavy atom. The standard InChI is InChI=1S/C13H15F2N3O/c1-7(11-5-4-10(14)6-12(11)15)16-8(2)13-18-17-9(3)19-13/h4-8,16H,1-3H3/t7-,8+/m0/s1. The molecule has 6 heteroatoms. The Balaban J connectivity index is 2.10. The van der Waals surface area contributed by atoms with Crippen molar-refractivity contribution in [2.45, 2.75) is 32.9 Å². The van der Waals surface area contributed by atoms with E-state index in [0.29, 0.717) is 17.3 Å². The van der Waals surface area contributed by atoms with Gasteiger partial charge in [-0.05, 0) is 19.9 Å². The first-order chi connectivity index (χ1) is 8.97. The summed E-state index contributed by atoms with van der Waals surface area (Å²) in [7, 11) is 0. The first-order valence-corrected chi connectivity index (χ1v) is 5.98. The molecule has 0 radical (unpaired) electrons. The van der Waals surface area contributed by atoms with Gasteiger partial charge in [-0.25, -0.2) is 8.78 Å². The lowest BCUT2D eigenvalue weighted by Gasteiger charge is -2.18. The van der Waals surface area contributed by atoms with Gasteiger partial charge in [0, 0.05) is 24.6 Å². The number of hydrogen-bond acceptors (Lipinski definition) is 4. The lowest BCUT2D eigenvalue weighted by atomic mass is 10.1. The number of aryl methyl sites for hydroxylation is 1. The van der Waals surface area contributed by atoms with Crippen molar-refractivity contribution in [1.29, 1.82) is 0 Å². The number of aromatic nitrogens is 2. The number of halogens is 2. The molecule has 0 saturated heterocycles. The fourth-order valence-corrected chi connectivity index (χ4v) is 1.88. The number of nitrogens with one attached hydrogen (secondary N) is 1. The van der Waals surface area contributed by atoms with Gasteiger partial charge in [0.25, 0.3) is 0 Å². The molecular weight excluding hydrogens is 252 g/mol. The normalized spacial score (nSPS) is 14.4. The van der Waals surface area contributed by atoms with Crippen molar-refractivity contribution < 1.29 is 13.2 Å². The quantitative estimate of drug-likeness (QED) is 0.925. The van der Waals surface area contributed by atoms with E-state index < -0.39 is 11.6 Å². The molecule has 4 nitrogen and oxygen atoms in total. The summed E-state index contributed by atoms with van der Waals surface area (Å²) < 4.78 is 31.8. The van der Waals surface area contributed by atoms with Crippen LogP contribution in [0, 0.1) is 18.6 Å². The van der Waals surface area contributed by atoms with Gasteiger partial charge in [-0.2, -0.15) is 0 Å². The van der Waals surface area contributed by atoms with Crippen molar-refractivity contribution in [1.82, 2.24) is 15.5 Å². The van der Waals surface area contributed by atoms with Gasteiger partial charge < -0.3 is 4.42 Å². The van der Waals surface area contributed by atoms with Crippen LogP contribution in [0.2, 0.25) is 0 Å². The maximum Gasteiger partial charge on any atom is 0.233 e. The van der Waals surface area contributed by atoms with E-state index in [1.807, 2.05) is 6.92 Å². The Bertz CT molecular complexity index is 571. The summed E-state index contributed by atoms with van der Waals surface area (Å²) in [5.74, 6) is -0.251. The Hall–Kier alpha value is -1.82. The van der Waals surface area contributed by atoms with Gasteiger partial charge in [-0.3, -0.25) is 5.32 Å². The molecule has 0 saturated carbocycles. The van der Waals surface area contributed by atoms with Gasteiger partial charge in [0.1, 0.15) is 11.6 Å². The summed E-state index contributed by atoms with van der Waals surface area (Å²) in [5.41, 5.74) is 0.393. The van der Waals surface area contributed by atoms with Crippen LogP contribution in [0.15, 0.2) is 22.6 Å². The minimum atomic E-state index is -0.589. The molecule has 0 aliphatic carbocycles. The Labute approximate surface area is 109 Å². The van der Waals surface area contributed by atoms with E-state index in [9.17, 15) is 8.78 Å². The van der Waals surface area contributed by atoms with Crippen molar-refractivity contribution in [3.05, 3.63) is 47.2 Å². The third-order valence-corrected chi connectivity index (χ3v) is 2.84. The van der Waals surface area contributed by atoms with E-state index in [1.165, 1.54) is 12.1 Å². The topological polar surface area (TPSA) is 51.0 Å². The fourth-order valence-electron chi connectivity index (χ4n) is 1.88. The number of nitrogens with zero attached hydrogens (tertiary/aromatic N) is 2. The molecular formula is C13H15F2N3O. The lowest BCUT2D eigenvalue weighted by molar-refractivity contribution is 0.375. The molecule has 2 aromatic rings. The SMILES string of the molecule is Cc1nnc([C@@H](C)N[C@@H](C)c2ccc(F)cc2F)o1. The molecule has 1 aromatic carbocycles. The van der Waals surface area contributed by atoms with E-state index >= 15 is 0 Å². The molecule has 1 aromatic heterocycles. The van der Waals surface area contributed by atoms with Crippen molar-refractivity contribution in [3.63, 3.8) is 0 Å². The van der Waals surface area contributed by atoms with Gasteiger partial charge in [0.15, 0.2) is 0 Å². The highest BCUT2D eigenvalue weighted by atomic mass is 19.1. The summed E-state index contributed by atoms with van der Waals surface area (Å²) in [6.07, 6.45) is 0. The molecule has 0 unspecified atom stereocenters. The van der Waals surface area contributed by atoms with Crippen LogP contribution in [0.4, 0.5) is 8.78 Å². The van der Waals surface area contributed by atoms with E-state index in [4.69, 9.17) is 4.42 Å². The largest absolute Gasteiger partial charge is 0.424 e. The maximum absolute atomic E-state index is 13.6. The average Bonchev–Trinajstić information content (AvgIpc) is 2.75. The molecule has 0 amide bonds. The summed E-state index contributed by atoms with van der Waals surface area (Å²) in [6.45, 7) is 5.33. The summed E-state index contributed by atoms with van der Waals surface area (Å²) >= 11 is 0. The third-order valence-electron chi connectivity index (χ3n) is 2.84. The molecule has 0 bridgehead atoms. The van der Waals surface area contributed by atoms with Gasteiger partial charge in [-0.15, -0.1) is 10.2 Å². The molecule has 2 atom stereocenters. The predicted molar refractivity (Wildman–Crippen MR) is 65.4 cm³/mol. The zero-order chi connectivity index (χ0) is 14.0. The minimum absolute atomic E-state index is 0.222. The van der Waals surface area contributed by atoms with Gasteiger partial charge in [-0.1, -0.05) is 6.07 Å². The van der Waals surface area contributed by atoms with Crippen LogP contribution in [0.1, 0.15) is 43.3 Å². The second-order valence-electron chi connectivity index (χ2n) is 4.44. The maximum atomic E-state index is 13.6. The fraction of sp³-hybridized carbons (Fsp3) is 0.385. The number of benzene rings is 1. The van der Waals surface area contributed by atoms with Crippen molar-refractivity contribution in [2.24, 2.45) is 0 Å². The second kappa shape index (κ2) is 5.44. The van der Waals surface area contributed by atoms with Crippen molar-refractivity contribution >= 4 is 0 Å². The van der Waals surface area contributed by atoms with E-state index in [-0.39, 0.29) is 12.1 Å². The molecule has 0 spiro atoms. The van der Waals surface area contributed by atoms with E-state index in [1.54, 1.807) is 13.8 Å². The smallest absolute Gasteiger partial charge is 0.233 e. The number of rotatable bonds is 4. The molecule has 0 fully saturated rings. The Morgan fingerprint density at radius 1 is 1.16 bits per heavy atom. The zero-order valence-electron chi connectivity index (χ0n) is 10.9. The highest BCUT2D eigenvalue weighted by Gasteiger charge is 2.18. The Morgan fingerprint density at radius 2 is 1.89 bits per heavy atom. The lowest BCUT2D eigenvalue weighted by Crippen LogP contribution is -2.23. The highest BCUT2D eigenvalue weighted by molar-refractivity contribution is 5.21. The van der Waals surface area contributed by atoms with Crippen LogP contribution >= 0.6 is 0 Å². The third kappa shape index (κ3) is 3.14. The summed E-state index contributed by atoms with van der Waals surface area (Å²) in [4.78, 5) is 0. The van der Waals surface area contributed by atoms with Crippen LogP contribution in [0.5, 0.6) is 0 Å². The monoisotopic (exact) mass is 267 g/mol. The predicted octanol–water partition coefficient (Wildman–Crippen LogP) is 3.07. The van der Waals surface area contributed by atoms with Gasteiger partial charge in [0.2, 0.25) is 11.8 Å². The van der Waals surface area contributed by atoms with Crippen LogP contribution in [-0.2, 0) is 0 Å². The summed E-state index contributed by atoms with van der Waals surface area (Å²) in [6, 6.07) is 3.00. The van der Waals surface area contributed by atoms with Crippen molar-refractivity contribution in [3.8, 4) is 0 Å². The van der Waals surface area contributed by atoms with Crippen LogP contribution in [-0.4, -0.2) is 10.2 Å². The summed E-state index contributed by atoms with van der Waals surface area (Å²) in [5, 5.41) is 10.8. The molecule has 2 rings (SSSR count). The zero-order valence-corrected chi connectivity index (χ0v) is 10.9. The van der Waals surface area contributed by atoms with E-state index in [0.717, 1.165) is 6.07 Å². The molecule has 0 aliphatic rings. The van der Waals surface area contributed by atoms with Gasteiger partial charge >= 0.3 is 0 Å². The first-order valence-electron chi connectivity index (χ1n) is 5.98. The Kier molecular flexibility index (Phi) is 3.90. The second-order valence-corrected chi connectivity index (χ2v) is 4.44. The van der Waals surface area contributed by atoms with E-state index in [2.05, 4.69) is 15.5 Å². The average molecular weight is 267 g/mol.